The molecule has 3 heteroatoms. The molecule has 0 amide bonds. The van der Waals surface area contributed by atoms with Gasteiger partial charge in [0.25, 0.3) is 0 Å². The monoisotopic (exact) mass is 801 g/mol. The van der Waals surface area contributed by atoms with Crippen molar-refractivity contribution in [3.63, 3.8) is 0 Å². The number of benzene rings is 9. The fourth-order valence-corrected chi connectivity index (χ4v) is 9.48. The molecule has 0 unspecified atom stereocenters. The first kappa shape index (κ1) is 37.5. The van der Waals surface area contributed by atoms with Crippen LogP contribution in [-0.2, 0) is 5.41 Å². The summed E-state index contributed by atoms with van der Waals surface area (Å²) >= 11 is 0. The second-order valence-corrected chi connectivity index (χ2v) is 16.0. The Morgan fingerprint density at radius 3 is 1.44 bits per heavy atom. The van der Waals surface area contributed by atoms with Crippen molar-refractivity contribution in [2.75, 3.05) is 0 Å². The van der Waals surface area contributed by atoms with Crippen LogP contribution >= 0.6 is 0 Å². The molecule has 1 aliphatic carbocycles. The maximum atomic E-state index is 9.75. The molecule has 1 aromatic heterocycles. The van der Waals surface area contributed by atoms with E-state index in [2.05, 4.69) is 194 Å². The molecule has 0 spiro atoms. The average Bonchev–Trinajstić information content (AvgIpc) is 3.67. The highest BCUT2D eigenvalue weighted by molar-refractivity contribution is 5.95. The maximum Gasteiger partial charge on any atom is 0.160 e. The Kier molecular flexibility index (Phi) is 9.45. The summed E-state index contributed by atoms with van der Waals surface area (Å²) in [6.07, 6.45) is 0. The summed E-state index contributed by atoms with van der Waals surface area (Å²) in [5.41, 5.74) is 18.8. The first-order valence-corrected chi connectivity index (χ1v) is 21.3. The third-order valence-electron chi connectivity index (χ3n) is 12.4. The molecule has 0 saturated heterocycles. The van der Waals surface area contributed by atoms with Crippen LogP contribution in [0, 0.1) is 11.3 Å². The summed E-state index contributed by atoms with van der Waals surface area (Å²) in [6, 6.07) is 86.0. The van der Waals surface area contributed by atoms with Crippen LogP contribution in [0.5, 0.6) is 0 Å². The van der Waals surface area contributed by atoms with E-state index in [1.54, 1.807) is 0 Å². The van der Waals surface area contributed by atoms with Crippen LogP contribution in [0.1, 0.15) is 27.8 Å². The van der Waals surface area contributed by atoms with Gasteiger partial charge in [0.2, 0.25) is 0 Å². The van der Waals surface area contributed by atoms with Crippen molar-refractivity contribution in [1.29, 1.82) is 5.26 Å². The highest BCUT2D eigenvalue weighted by atomic mass is 14.9. The Balaban J connectivity index is 1.10. The van der Waals surface area contributed by atoms with E-state index in [0.29, 0.717) is 11.4 Å². The lowest BCUT2D eigenvalue weighted by Crippen LogP contribution is -2.28. The van der Waals surface area contributed by atoms with Crippen LogP contribution in [0.25, 0.3) is 78.4 Å². The van der Waals surface area contributed by atoms with Gasteiger partial charge in [-0.05, 0) is 109 Å². The molecule has 0 bridgehead atoms. The SMILES string of the molecule is N#Cc1ccc(-c2cc3c(cc2-c2cccc(-c4cccc(-c5cc(-c6ccccc6)nc(-c6ccccc6)n5)c4)c2)C(c2ccccc2)(c2ccccc2)c2ccccc2-3)cc1. The van der Waals surface area contributed by atoms with Gasteiger partial charge < -0.3 is 0 Å². The predicted octanol–water partition coefficient (Wildman–Crippen LogP) is 14.7. The Labute approximate surface area is 368 Å². The van der Waals surface area contributed by atoms with Gasteiger partial charge in [0.1, 0.15) is 0 Å². The van der Waals surface area contributed by atoms with Gasteiger partial charge in [-0.3, -0.25) is 0 Å². The predicted molar refractivity (Wildman–Crippen MR) is 257 cm³/mol. The summed E-state index contributed by atoms with van der Waals surface area (Å²) in [5, 5.41) is 9.75. The molecule has 10 aromatic rings. The molecule has 0 N–H and O–H groups in total. The van der Waals surface area contributed by atoms with Gasteiger partial charge in [-0.25, -0.2) is 9.97 Å². The normalized spacial score (nSPS) is 12.2. The standard InChI is InChI=1S/C60H39N3/c61-40-41-31-33-42(34-32-41)52-37-54-51-29-13-14-30-55(51)60(49-25-9-3-10-26-49,50-27-11-4-12-28-50)56(54)38-53(52)47-23-15-21-45(35-47)46-22-16-24-48(36-46)58-39-57(43-17-5-1-6-18-43)62-59(63-58)44-19-7-2-8-20-44/h1-39H. The molecule has 9 aromatic carbocycles. The molecule has 1 aliphatic rings. The van der Waals surface area contributed by atoms with Gasteiger partial charge in [-0.15, -0.1) is 0 Å². The van der Waals surface area contributed by atoms with Crippen molar-refractivity contribution in [3.05, 3.63) is 264 Å². The van der Waals surface area contributed by atoms with E-state index in [4.69, 9.17) is 9.97 Å². The van der Waals surface area contributed by atoms with Crippen molar-refractivity contribution in [2.24, 2.45) is 0 Å². The number of hydrogen-bond acceptors (Lipinski definition) is 3. The highest BCUT2D eigenvalue weighted by Gasteiger charge is 2.46. The maximum absolute atomic E-state index is 9.75. The zero-order chi connectivity index (χ0) is 42.2. The Morgan fingerprint density at radius 1 is 0.317 bits per heavy atom. The van der Waals surface area contributed by atoms with Crippen LogP contribution in [0.3, 0.4) is 0 Å². The molecular formula is C60H39N3. The second kappa shape index (κ2) is 15.9. The van der Waals surface area contributed by atoms with Crippen molar-refractivity contribution in [2.45, 2.75) is 5.41 Å². The zero-order valence-electron chi connectivity index (χ0n) is 34.4. The Bertz CT molecular complexity index is 3220. The minimum atomic E-state index is -0.549. The molecule has 63 heavy (non-hydrogen) atoms. The van der Waals surface area contributed by atoms with E-state index in [-0.39, 0.29) is 0 Å². The molecule has 0 radical (unpaired) electrons. The number of hydrogen-bond donors (Lipinski definition) is 0. The lowest BCUT2D eigenvalue weighted by molar-refractivity contribution is 0.769. The van der Waals surface area contributed by atoms with Crippen molar-refractivity contribution in [3.8, 4) is 84.5 Å². The Morgan fingerprint density at radius 2 is 0.810 bits per heavy atom. The highest BCUT2D eigenvalue weighted by Crippen LogP contribution is 2.58. The third kappa shape index (κ3) is 6.63. The van der Waals surface area contributed by atoms with Gasteiger partial charge >= 0.3 is 0 Å². The van der Waals surface area contributed by atoms with Gasteiger partial charge in [0, 0.05) is 16.7 Å². The van der Waals surface area contributed by atoms with Crippen LogP contribution in [-0.4, -0.2) is 9.97 Å². The van der Waals surface area contributed by atoms with Crippen molar-refractivity contribution in [1.82, 2.24) is 9.97 Å². The molecule has 1 heterocycles. The van der Waals surface area contributed by atoms with Crippen molar-refractivity contribution < 1.29 is 0 Å². The van der Waals surface area contributed by atoms with Crippen molar-refractivity contribution >= 4 is 0 Å². The summed E-state index contributed by atoms with van der Waals surface area (Å²) in [4.78, 5) is 10.2. The average molecular weight is 802 g/mol. The molecule has 0 saturated carbocycles. The largest absolute Gasteiger partial charge is 0.228 e. The number of nitriles is 1. The zero-order valence-corrected chi connectivity index (χ0v) is 34.4. The second-order valence-electron chi connectivity index (χ2n) is 16.0. The van der Waals surface area contributed by atoms with Gasteiger partial charge in [0.15, 0.2) is 5.82 Å². The summed E-state index contributed by atoms with van der Waals surface area (Å²) in [6.45, 7) is 0. The molecule has 11 rings (SSSR count). The van der Waals surface area contributed by atoms with E-state index in [1.807, 2.05) is 48.5 Å². The van der Waals surface area contributed by atoms with E-state index < -0.39 is 5.41 Å². The molecule has 0 fully saturated rings. The number of nitrogens with zero attached hydrogens (tertiary/aromatic N) is 3. The fraction of sp³-hybridized carbons (Fsp3) is 0.0167. The molecule has 294 valence electrons. The van der Waals surface area contributed by atoms with Crippen LogP contribution in [0.15, 0.2) is 237 Å². The fourth-order valence-electron chi connectivity index (χ4n) is 9.48. The lowest BCUT2D eigenvalue weighted by atomic mass is 9.67. The smallest absolute Gasteiger partial charge is 0.160 e. The number of rotatable bonds is 8. The Hall–Kier alpha value is -8.45. The summed E-state index contributed by atoms with van der Waals surface area (Å²) < 4.78 is 0. The van der Waals surface area contributed by atoms with E-state index in [0.717, 1.165) is 61.5 Å². The first-order valence-electron chi connectivity index (χ1n) is 21.3. The van der Waals surface area contributed by atoms with E-state index >= 15 is 0 Å². The lowest BCUT2D eigenvalue weighted by Gasteiger charge is -2.34. The molecule has 0 atom stereocenters. The van der Waals surface area contributed by atoms with E-state index in [9.17, 15) is 5.26 Å². The third-order valence-corrected chi connectivity index (χ3v) is 12.4. The van der Waals surface area contributed by atoms with Gasteiger partial charge in [-0.2, -0.15) is 5.26 Å². The first-order chi connectivity index (χ1) is 31.2. The summed E-state index contributed by atoms with van der Waals surface area (Å²) in [7, 11) is 0. The molecule has 0 aliphatic heterocycles. The van der Waals surface area contributed by atoms with Crippen LogP contribution < -0.4 is 0 Å². The molecule has 3 nitrogen and oxygen atoms in total. The molecular weight excluding hydrogens is 763 g/mol. The quantitative estimate of drug-likeness (QED) is 0.154. The van der Waals surface area contributed by atoms with Crippen LogP contribution in [0.4, 0.5) is 0 Å². The minimum absolute atomic E-state index is 0.549. The summed E-state index contributed by atoms with van der Waals surface area (Å²) in [5.74, 6) is 0.690. The number of aromatic nitrogens is 2. The minimum Gasteiger partial charge on any atom is -0.228 e. The number of fused-ring (bicyclic) bond motifs is 3. The van der Waals surface area contributed by atoms with E-state index in [1.165, 1.54) is 33.4 Å². The topological polar surface area (TPSA) is 49.6 Å². The van der Waals surface area contributed by atoms with Gasteiger partial charge in [0.05, 0.1) is 28.4 Å². The van der Waals surface area contributed by atoms with Gasteiger partial charge in [-0.1, -0.05) is 194 Å². The van der Waals surface area contributed by atoms with Crippen LogP contribution in [0.2, 0.25) is 0 Å².